The Hall–Kier alpha value is -3.68. The largest absolute Gasteiger partial charge is 0.454 e. The van der Waals surface area contributed by atoms with Gasteiger partial charge in [-0.2, -0.15) is 10.4 Å². The second-order valence-corrected chi connectivity index (χ2v) is 5.89. The van der Waals surface area contributed by atoms with Crippen molar-refractivity contribution in [3.63, 3.8) is 0 Å². The van der Waals surface area contributed by atoms with E-state index in [1.807, 2.05) is 6.07 Å². The summed E-state index contributed by atoms with van der Waals surface area (Å²) in [5.41, 5.74) is 0.768. The third-order valence-electron chi connectivity index (χ3n) is 3.61. The number of halogens is 2. The molecule has 0 aliphatic rings. The monoisotopic (exact) mass is 380 g/mol. The van der Waals surface area contributed by atoms with Crippen molar-refractivity contribution in [3.05, 3.63) is 91.9 Å². The molecule has 0 bridgehead atoms. The summed E-state index contributed by atoms with van der Waals surface area (Å²) in [6.07, 6.45) is 0.113. The molecule has 0 amide bonds. The molecule has 2 aromatic carbocycles. The van der Waals surface area contributed by atoms with Crippen LogP contribution in [0, 0.1) is 23.7 Å². The van der Waals surface area contributed by atoms with Gasteiger partial charge in [-0.3, -0.25) is 4.79 Å². The molecule has 0 radical (unpaired) electrons. The molecule has 0 spiro atoms. The maximum Gasteiger partial charge on any atom is 0.264 e. The van der Waals surface area contributed by atoms with E-state index in [0.717, 1.165) is 0 Å². The molecule has 1 N–H and O–H groups in total. The van der Waals surface area contributed by atoms with Gasteiger partial charge < -0.3 is 4.74 Å². The van der Waals surface area contributed by atoms with Crippen LogP contribution >= 0.6 is 11.6 Å². The Kier molecular flexibility index (Phi) is 5.16. The van der Waals surface area contributed by atoms with E-state index in [0.29, 0.717) is 5.69 Å². The lowest BCUT2D eigenvalue weighted by atomic mass is 10.1. The third kappa shape index (κ3) is 4.12. The van der Waals surface area contributed by atoms with Crippen molar-refractivity contribution in [2.45, 2.75) is 6.42 Å². The molecule has 0 fully saturated rings. The van der Waals surface area contributed by atoms with Crippen molar-refractivity contribution >= 4 is 17.3 Å². The first-order valence-corrected chi connectivity index (χ1v) is 8.00. The van der Waals surface area contributed by atoms with Crippen LogP contribution in [0.15, 0.2) is 47.3 Å². The number of aromatic nitrogens is 2. The van der Waals surface area contributed by atoms with Crippen molar-refractivity contribution in [3.8, 4) is 17.6 Å². The Bertz CT molecular complexity index is 1110. The number of nitrogens with zero attached hydrogens (tertiary/aromatic N) is 3. The van der Waals surface area contributed by atoms with Gasteiger partial charge in [0.05, 0.1) is 23.4 Å². The first kappa shape index (κ1) is 18.1. The average molecular weight is 381 g/mol. The fraction of sp³-hybridized carbons (Fsp3) is 0.0526. The van der Waals surface area contributed by atoms with Crippen LogP contribution in [0.1, 0.15) is 16.8 Å². The van der Waals surface area contributed by atoms with E-state index in [1.165, 1.54) is 42.5 Å². The third-order valence-corrected chi connectivity index (χ3v) is 3.90. The number of rotatable bonds is 4. The van der Waals surface area contributed by atoms with Gasteiger partial charge in [0.25, 0.3) is 5.56 Å². The number of benzene rings is 2. The Labute approximate surface area is 158 Å². The number of hydrogen-bond acceptors (Lipinski definition) is 4. The van der Waals surface area contributed by atoms with E-state index >= 15 is 0 Å². The van der Waals surface area contributed by atoms with Crippen LogP contribution in [0.25, 0.3) is 4.85 Å². The van der Waals surface area contributed by atoms with E-state index in [1.54, 1.807) is 0 Å². The summed E-state index contributed by atoms with van der Waals surface area (Å²) in [4.78, 5) is 14.3. The van der Waals surface area contributed by atoms with Crippen LogP contribution in [0.3, 0.4) is 0 Å². The molecule has 3 rings (SSSR count). The van der Waals surface area contributed by atoms with Crippen LogP contribution in [0.4, 0.5) is 10.1 Å². The second kappa shape index (κ2) is 7.69. The number of aromatic amines is 1. The van der Waals surface area contributed by atoms with Crippen molar-refractivity contribution in [1.29, 1.82) is 5.26 Å². The minimum atomic E-state index is -0.692. The summed E-state index contributed by atoms with van der Waals surface area (Å²) in [5.74, 6) is -0.785. The van der Waals surface area contributed by atoms with Gasteiger partial charge in [-0.05, 0) is 35.9 Å². The van der Waals surface area contributed by atoms with Crippen LogP contribution in [0.5, 0.6) is 11.5 Å². The Morgan fingerprint density at radius 2 is 2.11 bits per heavy atom. The molecule has 0 aliphatic heterocycles. The molecule has 1 heterocycles. The topological polar surface area (TPSA) is 83.1 Å². The summed E-state index contributed by atoms with van der Waals surface area (Å²) in [6, 6.07) is 11.9. The molecule has 0 saturated carbocycles. The predicted molar refractivity (Wildman–Crippen MR) is 96.6 cm³/mol. The minimum Gasteiger partial charge on any atom is -0.454 e. The predicted octanol–water partition coefficient (Wildman–Crippen LogP) is 4.37. The van der Waals surface area contributed by atoms with E-state index in [4.69, 9.17) is 28.2 Å². The number of hydrogen-bond donors (Lipinski definition) is 1. The maximum absolute atomic E-state index is 14.9. The Balaban J connectivity index is 1.97. The van der Waals surface area contributed by atoms with Crippen molar-refractivity contribution < 1.29 is 9.13 Å². The molecule has 27 heavy (non-hydrogen) atoms. The quantitative estimate of drug-likeness (QED) is 0.681. The van der Waals surface area contributed by atoms with E-state index < -0.39 is 5.82 Å². The highest BCUT2D eigenvalue weighted by molar-refractivity contribution is 6.32. The zero-order valence-corrected chi connectivity index (χ0v) is 14.4. The normalized spacial score (nSPS) is 10.1. The second-order valence-electron chi connectivity index (χ2n) is 5.48. The van der Waals surface area contributed by atoms with Crippen molar-refractivity contribution in [1.82, 2.24) is 10.2 Å². The molecule has 8 heteroatoms. The lowest BCUT2D eigenvalue weighted by Crippen LogP contribution is -2.08. The summed E-state index contributed by atoms with van der Waals surface area (Å²) in [6.45, 7) is 7.08. The molecule has 0 unspecified atom stereocenters. The lowest BCUT2D eigenvalue weighted by molar-refractivity contribution is 0.439. The zero-order valence-electron chi connectivity index (χ0n) is 13.7. The SMILES string of the molecule is [C-]#[N+]c1cc(C#N)cc(Oc2c(Cl)ccc(Cc3ccc(=O)[nH]n3)c2F)c1. The van der Waals surface area contributed by atoms with Gasteiger partial charge in [-0.15, -0.1) is 0 Å². The van der Waals surface area contributed by atoms with Gasteiger partial charge in [-0.25, -0.2) is 14.3 Å². The van der Waals surface area contributed by atoms with Gasteiger partial charge in [0.15, 0.2) is 17.3 Å². The molecule has 3 aromatic rings. The number of H-pyrrole nitrogens is 1. The molecule has 0 atom stereocenters. The maximum atomic E-state index is 14.9. The van der Waals surface area contributed by atoms with Gasteiger partial charge in [0.1, 0.15) is 5.75 Å². The number of ether oxygens (including phenoxy) is 1. The van der Waals surface area contributed by atoms with E-state index in [-0.39, 0.29) is 45.3 Å². The molecular formula is C19H10ClFN4O2. The molecule has 132 valence electrons. The summed E-state index contributed by atoms with van der Waals surface area (Å²) < 4.78 is 20.5. The van der Waals surface area contributed by atoms with Gasteiger partial charge >= 0.3 is 0 Å². The van der Waals surface area contributed by atoms with Crippen LogP contribution in [-0.4, -0.2) is 10.2 Å². The summed E-state index contributed by atoms with van der Waals surface area (Å²) in [5, 5.41) is 15.2. The Morgan fingerprint density at radius 1 is 1.30 bits per heavy atom. The summed E-state index contributed by atoms with van der Waals surface area (Å²) >= 11 is 6.07. The van der Waals surface area contributed by atoms with E-state index in [2.05, 4.69) is 15.0 Å². The van der Waals surface area contributed by atoms with Crippen LogP contribution in [0.2, 0.25) is 5.02 Å². The summed E-state index contributed by atoms with van der Waals surface area (Å²) in [7, 11) is 0. The standard InChI is InChI=1S/C19H10ClFN4O2/c1-23-14-6-11(10-22)7-15(9-14)27-19-16(20)4-2-12(18(19)21)8-13-3-5-17(26)25-24-13/h2-7,9H,8H2,(H,25,26). The number of nitrogens with one attached hydrogen (secondary N) is 1. The van der Waals surface area contributed by atoms with E-state index in [9.17, 15) is 9.18 Å². The highest BCUT2D eigenvalue weighted by Crippen LogP contribution is 2.36. The first-order valence-electron chi connectivity index (χ1n) is 7.62. The van der Waals surface area contributed by atoms with Crippen LogP contribution < -0.4 is 10.3 Å². The van der Waals surface area contributed by atoms with Gasteiger partial charge in [0, 0.05) is 18.1 Å². The van der Waals surface area contributed by atoms with Crippen molar-refractivity contribution in [2.24, 2.45) is 0 Å². The number of nitriles is 1. The smallest absolute Gasteiger partial charge is 0.264 e. The van der Waals surface area contributed by atoms with Gasteiger partial charge in [-0.1, -0.05) is 17.7 Å². The first-order chi connectivity index (χ1) is 13.0. The van der Waals surface area contributed by atoms with Gasteiger partial charge in [0.2, 0.25) is 0 Å². The van der Waals surface area contributed by atoms with Crippen molar-refractivity contribution in [2.75, 3.05) is 0 Å². The molecular weight excluding hydrogens is 371 g/mol. The fourth-order valence-corrected chi connectivity index (χ4v) is 2.54. The van der Waals surface area contributed by atoms with Crippen LogP contribution in [-0.2, 0) is 6.42 Å². The molecule has 6 nitrogen and oxygen atoms in total. The minimum absolute atomic E-state index is 0.0393. The highest BCUT2D eigenvalue weighted by Gasteiger charge is 2.16. The average Bonchev–Trinajstić information content (AvgIpc) is 2.68. The lowest BCUT2D eigenvalue weighted by Gasteiger charge is -2.12. The molecule has 1 aromatic heterocycles. The highest BCUT2D eigenvalue weighted by atomic mass is 35.5. The Morgan fingerprint density at radius 3 is 2.78 bits per heavy atom. The zero-order chi connectivity index (χ0) is 19.4. The molecule has 0 saturated heterocycles. The fourth-order valence-electron chi connectivity index (χ4n) is 2.36. The molecule has 0 aliphatic carbocycles.